The van der Waals surface area contributed by atoms with Crippen molar-refractivity contribution in [3.05, 3.63) is 137 Å². The van der Waals surface area contributed by atoms with Crippen LogP contribution < -0.4 is 18.9 Å². The number of likely N-dealkylation sites (N-methyl/N-ethyl adjacent to an activating group) is 1. The molecule has 9 rings (SSSR count). The molecule has 1 aliphatic heterocycles. The minimum Gasteiger partial charge on any atom is -0.496 e. The van der Waals surface area contributed by atoms with Gasteiger partial charge in [0.15, 0.2) is 5.82 Å². The summed E-state index contributed by atoms with van der Waals surface area (Å²) in [6.07, 6.45) is 4.54. The molecule has 15 heteroatoms. The van der Waals surface area contributed by atoms with Gasteiger partial charge in [0.05, 0.1) is 28.8 Å². The molecule has 0 radical (unpaired) electrons. The van der Waals surface area contributed by atoms with Crippen LogP contribution in [0.3, 0.4) is 0 Å². The smallest absolute Gasteiger partial charge is 0.357 e. The molecule has 1 N–H and O–H groups in total. The predicted octanol–water partition coefficient (Wildman–Crippen LogP) is 9.10. The molecular formula is C48H42ClFN6O6S. The Morgan fingerprint density at radius 3 is 2.38 bits per heavy atom. The van der Waals surface area contributed by atoms with Crippen molar-refractivity contribution in [2.45, 2.75) is 19.1 Å². The number of aromatic nitrogens is 4. The zero-order valence-electron chi connectivity index (χ0n) is 34.7. The van der Waals surface area contributed by atoms with E-state index in [1.807, 2.05) is 49.4 Å². The number of carboxylic acids is 1. The number of nitrogens with zero attached hydrogens (tertiary/aromatic N) is 6. The highest BCUT2D eigenvalue weighted by molar-refractivity contribution is 7.22. The molecular weight excluding hydrogens is 843 g/mol. The molecule has 7 aromatic rings. The van der Waals surface area contributed by atoms with Gasteiger partial charge in [0.1, 0.15) is 47.4 Å². The SMILES string of the molecule is COc1ccccc1-c1nccc(COc2ccccc2C2=CC2(Oc2ncnc3sc(-c4ccc(F)cc4)c(-c4ccc(OCCN5CCN(C)CC5)c(Cl)c4C)c23)C(=O)O)n1. The van der Waals surface area contributed by atoms with Crippen LogP contribution in [0.2, 0.25) is 5.02 Å². The number of para-hydroxylation sites is 2. The maximum atomic E-state index is 14.3. The lowest BCUT2D eigenvalue weighted by molar-refractivity contribution is -0.145. The summed E-state index contributed by atoms with van der Waals surface area (Å²) >= 11 is 8.44. The van der Waals surface area contributed by atoms with E-state index < -0.39 is 11.6 Å². The number of ether oxygens (including phenoxy) is 4. The second-order valence-electron chi connectivity index (χ2n) is 15.3. The van der Waals surface area contributed by atoms with Gasteiger partial charge in [-0.25, -0.2) is 29.1 Å². The second kappa shape index (κ2) is 17.7. The Bertz CT molecular complexity index is 2870. The molecule has 1 fully saturated rings. The second-order valence-corrected chi connectivity index (χ2v) is 16.7. The highest BCUT2D eigenvalue weighted by Gasteiger charge is 2.56. The molecule has 0 spiro atoms. The van der Waals surface area contributed by atoms with Crippen LogP contribution in [-0.4, -0.2) is 99.9 Å². The monoisotopic (exact) mass is 884 g/mol. The highest BCUT2D eigenvalue weighted by atomic mass is 35.5. The number of halogens is 2. The van der Waals surface area contributed by atoms with Crippen molar-refractivity contribution in [2.75, 3.05) is 53.5 Å². The normalized spacial score (nSPS) is 16.4. The molecule has 2 aliphatic rings. The van der Waals surface area contributed by atoms with Gasteiger partial charge in [-0.05, 0) is 79.2 Å². The van der Waals surface area contributed by atoms with Crippen molar-refractivity contribution < 1.29 is 33.2 Å². The van der Waals surface area contributed by atoms with E-state index in [9.17, 15) is 14.3 Å². The topological polar surface area (TPSA) is 132 Å². The van der Waals surface area contributed by atoms with Crippen LogP contribution in [-0.2, 0) is 11.4 Å². The van der Waals surface area contributed by atoms with Gasteiger partial charge < -0.3 is 29.0 Å². The van der Waals surface area contributed by atoms with E-state index in [0.717, 1.165) is 59.9 Å². The van der Waals surface area contributed by atoms with Crippen LogP contribution in [0, 0.1) is 12.7 Å². The van der Waals surface area contributed by atoms with Gasteiger partial charge in [-0.1, -0.05) is 60.1 Å². The van der Waals surface area contributed by atoms with Crippen LogP contribution >= 0.6 is 22.9 Å². The summed E-state index contributed by atoms with van der Waals surface area (Å²) in [4.78, 5) is 37.6. The van der Waals surface area contributed by atoms with Gasteiger partial charge in [-0.3, -0.25) is 4.90 Å². The molecule has 63 heavy (non-hydrogen) atoms. The molecule has 4 aromatic carbocycles. The Kier molecular flexibility index (Phi) is 11.8. The standard InChI is InChI=1S/C48H42ClFN6O6S/c1-29-33(16-17-39(42(29)49)60-25-24-56-22-20-55(2)21-23-56)40-41-45(52-28-53-46(41)63-43(40)30-12-14-31(50)15-13-30)62-48(47(57)58)26-36(48)34-8-4-7-11-38(34)61-27-32-18-19-51-44(54-32)35-9-5-6-10-37(35)59-3/h4-19,26,28H,20-25,27H2,1-3H3,(H,57,58). The average molecular weight is 885 g/mol. The fourth-order valence-electron chi connectivity index (χ4n) is 7.75. The Hall–Kier alpha value is -6.45. The van der Waals surface area contributed by atoms with Crippen molar-refractivity contribution in [1.82, 2.24) is 29.7 Å². The molecule has 12 nitrogen and oxygen atoms in total. The largest absolute Gasteiger partial charge is 0.496 e. The molecule has 0 saturated carbocycles. The molecule has 320 valence electrons. The number of benzene rings is 4. The third-order valence-corrected chi connectivity index (χ3v) is 12.9. The lowest BCUT2D eigenvalue weighted by atomic mass is 9.96. The van der Waals surface area contributed by atoms with E-state index in [1.54, 1.807) is 55.8 Å². The fraction of sp³-hybridized carbons (Fsp3) is 0.229. The summed E-state index contributed by atoms with van der Waals surface area (Å²) in [7, 11) is 3.72. The highest BCUT2D eigenvalue weighted by Crippen LogP contribution is 2.53. The van der Waals surface area contributed by atoms with Gasteiger partial charge in [0.25, 0.3) is 5.60 Å². The summed E-state index contributed by atoms with van der Waals surface area (Å²) in [5.74, 6) is 0.558. The van der Waals surface area contributed by atoms with E-state index >= 15 is 0 Å². The number of carbonyl (C=O) groups is 1. The lowest BCUT2D eigenvalue weighted by Gasteiger charge is -2.32. The average Bonchev–Trinajstić information content (AvgIpc) is 3.91. The fourth-order valence-corrected chi connectivity index (χ4v) is 9.12. The number of aliphatic carboxylic acids is 1. The number of hydrogen-bond acceptors (Lipinski definition) is 12. The Morgan fingerprint density at radius 1 is 0.873 bits per heavy atom. The van der Waals surface area contributed by atoms with Gasteiger partial charge in [-0.15, -0.1) is 11.3 Å². The van der Waals surface area contributed by atoms with Gasteiger partial charge >= 0.3 is 5.97 Å². The summed E-state index contributed by atoms with van der Waals surface area (Å²) in [6.45, 7) is 7.22. The first-order valence-electron chi connectivity index (χ1n) is 20.3. The lowest BCUT2D eigenvalue weighted by Crippen LogP contribution is -2.45. The van der Waals surface area contributed by atoms with Gasteiger partial charge in [0.2, 0.25) is 5.88 Å². The zero-order valence-corrected chi connectivity index (χ0v) is 36.3. The molecule has 4 heterocycles. The number of thiophene rings is 1. The minimum absolute atomic E-state index is 0.0551. The molecule has 1 unspecified atom stereocenters. The quantitative estimate of drug-likeness (QED) is 0.105. The number of rotatable bonds is 15. The molecule has 1 saturated heterocycles. The summed E-state index contributed by atoms with van der Waals surface area (Å²) < 4.78 is 38.9. The van der Waals surface area contributed by atoms with Crippen molar-refractivity contribution in [3.63, 3.8) is 0 Å². The Labute approximate surface area is 372 Å². The van der Waals surface area contributed by atoms with Crippen LogP contribution in [0.4, 0.5) is 4.39 Å². The first kappa shape index (κ1) is 41.9. The van der Waals surface area contributed by atoms with Crippen molar-refractivity contribution in [3.8, 4) is 56.1 Å². The van der Waals surface area contributed by atoms with E-state index in [-0.39, 0.29) is 18.3 Å². The summed E-state index contributed by atoms with van der Waals surface area (Å²) in [6, 6.07) is 26.4. The predicted molar refractivity (Wildman–Crippen MR) is 241 cm³/mol. The van der Waals surface area contributed by atoms with Crippen molar-refractivity contribution in [2.24, 2.45) is 0 Å². The van der Waals surface area contributed by atoms with Crippen molar-refractivity contribution in [1.29, 1.82) is 0 Å². The van der Waals surface area contributed by atoms with Crippen LogP contribution in [0.5, 0.6) is 23.1 Å². The Balaban J connectivity index is 1.03. The molecule has 3 aromatic heterocycles. The summed E-state index contributed by atoms with van der Waals surface area (Å²) in [5, 5.41) is 11.8. The Morgan fingerprint density at radius 2 is 1.62 bits per heavy atom. The number of methoxy groups -OCH3 is 1. The first-order valence-corrected chi connectivity index (χ1v) is 21.5. The van der Waals surface area contributed by atoms with Gasteiger partial charge in [0, 0.05) is 60.5 Å². The number of piperazine rings is 1. The van der Waals surface area contributed by atoms with E-state index in [4.69, 9.17) is 35.5 Å². The maximum Gasteiger partial charge on any atom is 0.357 e. The van der Waals surface area contributed by atoms with Gasteiger partial charge in [-0.2, -0.15) is 0 Å². The molecule has 0 amide bonds. The number of fused-ring (bicyclic) bond motifs is 1. The minimum atomic E-state index is -1.88. The van der Waals surface area contributed by atoms with Crippen LogP contribution in [0.15, 0.2) is 110 Å². The molecule has 1 aliphatic carbocycles. The zero-order chi connectivity index (χ0) is 43.7. The molecule has 1 atom stereocenters. The van der Waals surface area contributed by atoms with Crippen molar-refractivity contribution >= 4 is 44.7 Å². The van der Waals surface area contributed by atoms with E-state index in [0.29, 0.717) is 67.3 Å². The number of carboxylic acid groups (broad SMARTS) is 1. The third-order valence-electron chi connectivity index (χ3n) is 11.3. The van der Waals surface area contributed by atoms with Crippen LogP contribution in [0.1, 0.15) is 16.8 Å². The molecule has 0 bridgehead atoms. The third kappa shape index (κ3) is 8.42. The maximum absolute atomic E-state index is 14.3. The number of hydrogen-bond donors (Lipinski definition) is 1. The summed E-state index contributed by atoms with van der Waals surface area (Å²) in [5.41, 5.74) is 3.26. The van der Waals surface area contributed by atoms with Crippen LogP contribution in [0.25, 0.3) is 48.7 Å². The van der Waals surface area contributed by atoms with E-state index in [2.05, 4.69) is 31.8 Å². The van der Waals surface area contributed by atoms with E-state index in [1.165, 1.54) is 29.8 Å². The first-order chi connectivity index (χ1) is 30.6.